The average Bonchev–Trinajstić information content (AvgIpc) is 3.07. The van der Waals surface area contributed by atoms with Crippen molar-refractivity contribution in [2.75, 3.05) is 27.2 Å². The van der Waals surface area contributed by atoms with Crippen molar-refractivity contribution in [3.05, 3.63) is 71.0 Å². The van der Waals surface area contributed by atoms with Crippen LogP contribution in [0.1, 0.15) is 34.2 Å². The SMILES string of the molecule is CCNC(=NCc1oc2ccccc2c1C)NCCc1cccc(C(=O)N(C)C)c1. The van der Waals surface area contributed by atoms with Crippen LogP contribution in [0, 0.1) is 6.92 Å². The van der Waals surface area contributed by atoms with Gasteiger partial charge in [0.05, 0.1) is 0 Å². The Kier molecular flexibility index (Phi) is 7.12. The molecule has 0 bridgehead atoms. The second-order valence-electron chi connectivity index (χ2n) is 7.42. The van der Waals surface area contributed by atoms with E-state index < -0.39 is 0 Å². The number of nitrogens with one attached hydrogen (secondary N) is 2. The minimum absolute atomic E-state index is 0.0147. The van der Waals surface area contributed by atoms with Gasteiger partial charge in [0.1, 0.15) is 17.9 Å². The van der Waals surface area contributed by atoms with Crippen molar-refractivity contribution >= 4 is 22.8 Å². The summed E-state index contributed by atoms with van der Waals surface area (Å²) in [6, 6.07) is 15.8. The molecule has 2 N–H and O–H groups in total. The third-order valence-electron chi connectivity index (χ3n) is 4.95. The van der Waals surface area contributed by atoms with E-state index in [1.165, 1.54) is 0 Å². The molecule has 0 aliphatic carbocycles. The van der Waals surface area contributed by atoms with E-state index in [0.717, 1.165) is 46.8 Å². The summed E-state index contributed by atoms with van der Waals surface area (Å²) in [7, 11) is 3.53. The molecular formula is C24H30N4O2. The van der Waals surface area contributed by atoms with Crippen LogP contribution >= 0.6 is 0 Å². The smallest absolute Gasteiger partial charge is 0.253 e. The normalized spacial score (nSPS) is 11.5. The Hall–Kier alpha value is -3.28. The lowest BCUT2D eigenvalue weighted by atomic mass is 10.1. The summed E-state index contributed by atoms with van der Waals surface area (Å²) in [5.41, 5.74) is 3.84. The average molecular weight is 407 g/mol. The van der Waals surface area contributed by atoms with Gasteiger partial charge in [0.25, 0.3) is 5.91 Å². The number of para-hydroxylation sites is 1. The number of furan rings is 1. The number of benzene rings is 2. The van der Waals surface area contributed by atoms with Crippen LogP contribution in [0.15, 0.2) is 57.9 Å². The maximum atomic E-state index is 12.1. The summed E-state index contributed by atoms with van der Waals surface area (Å²) in [6.45, 7) is 6.07. The van der Waals surface area contributed by atoms with Crippen LogP contribution in [0.3, 0.4) is 0 Å². The lowest BCUT2D eigenvalue weighted by molar-refractivity contribution is 0.0827. The minimum atomic E-state index is 0.0147. The summed E-state index contributed by atoms with van der Waals surface area (Å²) in [6.07, 6.45) is 0.794. The number of amides is 1. The van der Waals surface area contributed by atoms with E-state index in [0.29, 0.717) is 18.7 Å². The molecule has 0 fully saturated rings. The number of hydrogen-bond donors (Lipinski definition) is 2. The number of nitrogens with zero attached hydrogens (tertiary/aromatic N) is 2. The largest absolute Gasteiger partial charge is 0.459 e. The Balaban J connectivity index is 1.62. The number of aryl methyl sites for hydroxylation is 1. The Morgan fingerprint density at radius 3 is 2.63 bits per heavy atom. The molecule has 0 atom stereocenters. The van der Waals surface area contributed by atoms with E-state index in [9.17, 15) is 4.79 Å². The van der Waals surface area contributed by atoms with E-state index in [4.69, 9.17) is 4.42 Å². The molecule has 1 aromatic heterocycles. The Morgan fingerprint density at radius 1 is 1.10 bits per heavy atom. The highest BCUT2D eigenvalue weighted by molar-refractivity contribution is 5.94. The number of carbonyl (C=O) groups excluding carboxylic acids is 1. The lowest BCUT2D eigenvalue weighted by Crippen LogP contribution is -2.38. The molecule has 3 aromatic rings. The molecule has 1 amide bonds. The maximum Gasteiger partial charge on any atom is 0.253 e. The summed E-state index contributed by atoms with van der Waals surface area (Å²) in [5, 5.41) is 7.77. The van der Waals surface area contributed by atoms with E-state index in [1.54, 1.807) is 19.0 Å². The quantitative estimate of drug-likeness (QED) is 0.463. The van der Waals surface area contributed by atoms with Crippen LogP contribution in [0.5, 0.6) is 0 Å². The number of hydrogen-bond acceptors (Lipinski definition) is 3. The number of aliphatic imine (C=N–C) groups is 1. The molecular weight excluding hydrogens is 376 g/mol. The summed E-state index contributed by atoms with van der Waals surface area (Å²) in [5.74, 6) is 1.64. The van der Waals surface area contributed by atoms with Crippen LogP contribution in [0.25, 0.3) is 11.0 Å². The molecule has 6 nitrogen and oxygen atoms in total. The first-order chi connectivity index (χ1) is 14.5. The molecule has 2 aromatic carbocycles. The summed E-state index contributed by atoms with van der Waals surface area (Å²) in [4.78, 5) is 18.4. The fraction of sp³-hybridized carbons (Fsp3) is 0.333. The van der Waals surface area contributed by atoms with Crippen LogP contribution in [0.4, 0.5) is 0 Å². The van der Waals surface area contributed by atoms with Gasteiger partial charge in [-0.15, -0.1) is 0 Å². The monoisotopic (exact) mass is 406 g/mol. The van der Waals surface area contributed by atoms with Crippen molar-refractivity contribution in [2.45, 2.75) is 26.8 Å². The van der Waals surface area contributed by atoms with Crippen molar-refractivity contribution < 1.29 is 9.21 Å². The third kappa shape index (κ3) is 5.20. The molecule has 0 aliphatic rings. The van der Waals surface area contributed by atoms with Crippen LogP contribution in [-0.2, 0) is 13.0 Å². The molecule has 6 heteroatoms. The first-order valence-electron chi connectivity index (χ1n) is 10.3. The zero-order chi connectivity index (χ0) is 21.5. The van der Waals surface area contributed by atoms with Crippen LogP contribution < -0.4 is 10.6 Å². The highest BCUT2D eigenvalue weighted by Crippen LogP contribution is 2.25. The van der Waals surface area contributed by atoms with Gasteiger partial charge in [-0.1, -0.05) is 30.3 Å². The van der Waals surface area contributed by atoms with Gasteiger partial charge in [0, 0.05) is 43.7 Å². The Labute approximate surface area is 178 Å². The van der Waals surface area contributed by atoms with E-state index in [-0.39, 0.29) is 5.91 Å². The van der Waals surface area contributed by atoms with Crippen molar-refractivity contribution in [3.63, 3.8) is 0 Å². The highest BCUT2D eigenvalue weighted by atomic mass is 16.3. The zero-order valence-electron chi connectivity index (χ0n) is 18.2. The van der Waals surface area contributed by atoms with Crippen LogP contribution in [-0.4, -0.2) is 44.0 Å². The van der Waals surface area contributed by atoms with Gasteiger partial charge in [-0.3, -0.25) is 4.79 Å². The molecule has 0 unspecified atom stereocenters. The first-order valence-corrected chi connectivity index (χ1v) is 10.3. The standard InChI is InChI=1S/C24H30N4O2/c1-5-25-24(27-16-22-17(2)20-11-6-7-12-21(20)30-22)26-14-13-18-9-8-10-19(15-18)23(29)28(3)4/h6-12,15H,5,13-14,16H2,1-4H3,(H2,25,26,27). The number of rotatable bonds is 7. The fourth-order valence-electron chi connectivity index (χ4n) is 3.31. The highest BCUT2D eigenvalue weighted by Gasteiger charge is 2.10. The van der Waals surface area contributed by atoms with Crippen molar-refractivity contribution in [1.29, 1.82) is 0 Å². The minimum Gasteiger partial charge on any atom is -0.459 e. The fourth-order valence-corrected chi connectivity index (χ4v) is 3.31. The second kappa shape index (κ2) is 9.96. The molecule has 0 aliphatic heterocycles. The molecule has 0 spiro atoms. The lowest BCUT2D eigenvalue weighted by Gasteiger charge is -2.13. The van der Waals surface area contributed by atoms with Gasteiger partial charge >= 0.3 is 0 Å². The number of fused-ring (bicyclic) bond motifs is 1. The Morgan fingerprint density at radius 2 is 1.90 bits per heavy atom. The summed E-state index contributed by atoms with van der Waals surface area (Å²) < 4.78 is 5.96. The van der Waals surface area contributed by atoms with Gasteiger partial charge in [-0.25, -0.2) is 4.99 Å². The van der Waals surface area contributed by atoms with Gasteiger partial charge in [0.2, 0.25) is 0 Å². The third-order valence-corrected chi connectivity index (χ3v) is 4.95. The van der Waals surface area contributed by atoms with Gasteiger partial charge in [-0.05, 0) is 44.0 Å². The Bertz CT molecular complexity index is 1040. The molecule has 158 valence electrons. The predicted octanol–water partition coefficient (Wildman–Crippen LogP) is 3.74. The molecule has 30 heavy (non-hydrogen) atoms. The summed E-state index contributed by atoms with van der Waals surface area (Å²) >= 11 is 0. The van der Waals surface area contributed by atoms with Crippen molar-refractivity contribution in [1.82, 2.24) is 15.5 Å². The van der Waals surface area contributed by atoms with Gasteiger partial charge in [0.15, 0.2) is 5.96 Å². The first kappa shape index (κ1) is 21.4. The number of carbonyl (C=O) groups is 1. The molecule has 0 saturated heterocycles. The number of guanidine groups is 1. The van der Waals surface area contributed by atoms with E-state index in [1.807, 2.05) is 49.4 Å². The molecule has 1 heterocycles. The van der Waals surface area contributed by atoms with Gasteiger partial charge < -0.3 is 20.0 Å². The zero-order valence-corrected chi connectivity index (χ0v) is 18.2. The molecule has 3 rings (SSSR count). The second-order valence-corrected chi connectivity index (χ2v) is 7.42. The molecule has 0 saturated carbocycles. The van der Waals surface area contributed by atoms with E-state index in [2.05, 4.69) is 28.6 Å². The van der Waals surface area contributed by atoms with Crippen molar-refractivity contribution in [2.24, 2.45) is 4.99 Å². The van der Waals surface area contributed by atoms with Gasteiger partial charge in [-0.2, -0.15) is 0 Å². The predicted molar refractivity (Wildman–Crippen MR) is 122 cm³/mol. The maximum absolute atomic E-state index is 12.1. The van der Waals surface area contributed by atoms with Crippen molar-refractivity contribution in [3.8, 4) is 0 Å². The topological polar surface area (TPSA) is 69.9 Å². The molecule has 0 radical (unpaired) electrons. The van der Waals surface area contributed by atoms with E-state index >= 15 is 0 Å². The van der Waals surface area contributed by atoms with Crippen LogP contribution in [0.2, 0.25) is 0 Å².